The van der Waals surface area contributed by atoms with E-state index in [9.17, 15) is 10.5 Å². The average molecular weight is 617 g/mol. The first-order chi connectivity index (χ1) is 23.7. The summed E-state index contributed by atoms with van der Waals surface area (Å²) in [4.78, 5) is 0. The second-order valence-corrected chi connectivity index (χ2v) is 13.1. The number of aromatic nitrogens is 2. The van der Waals surface area contributed by atoms with Crippen molar-refractivity contribution in [3.8, 4) is 23.5 Å². The van der Waals surface area contributed by atoms with Gasteiger partial charge in [0.1, 0.15) is 0 Å². The fourth-order valence-electron chi connectivity index (χ4n) is 8.31. The standard InChI is InChI=1S/C44H32N4/c45-27-29-13-23-43-39(25-29)40-26-30(28-46)14-24-44(40)48(43)34-21-17-32(18-22-34)36-8-2-1-7-35(36)31-15-19-33(20-16-31)47-41-11-5-3-9-37(41)38-10-4-6-12-42(38)47/h3-6,9-26,35-36H,1-2,7-8H2/t35-,36?/m1/s1. The van der Waals surface area contributed by atoms with E-state index < -0.39 is 0 Å². The van der Waals surface area contributed by atoms with Gasteiger partial charge in [-0.2, -0.15) is 10.5 Å². The molecule has 48 heavy (non-hydrogen) atoms. The van der Waals surface area contributed by atoms with Gasteiger partial charge in [0.2, 0.25) is 0 Å². The summed E-state index contributed by atoms with van der Waals surface area (Å²) in [5.41, 5.74) is 10.8. The number of hydrogen-bond donors (Lipinski definition) is 0. The third kappa shape index (κ3) is 4.42. The van der Waals surface area contributed by atoms with E-state index >= 15 is 0 Å². The van der Waals surface area contributed by atoms with Crippen molar-refractivity contribution in [1.82, 2.24) is 9.13 Å². The second-order valence-electron chi connectivity index (χ2n) is 13.1. The third-order valence-corrected chi connectivity index (χ3v) is 10.5. The number of nitrogens with zero attached hydrogens (tertiary/aromatic N) is 4. The average Bonchev–Trinajstić information content (AvgIpc) is 3.67. The summed E-state index contributed by atoms with van der Waals surface area (Å²) in [5, 5.41) is 23.7. The lowest BCUT2D eigenvalue weighted by molar-refractivity contribution is 0.386. The molecule has 1 saturated carbocycles. The molecule has 0 spiro atoms. The third-order valence-electron chi connectivity index (χ3n) is 10.5. The van der Waals surface area contributed by atoms with Crippen molar-refractivity contribution in [3.63, 3.8) is 0 Å². The first kappa shape index (κ1) is 28.1. The first-order valence-electron chi connectivity index (χ1n) is 16.8. The molecule has 4 nitrogen and oxygen atoms in total. The van der Waals surface area contributed by atoms with Crippen molar-refractivity contribution < 1.29 is 0 Å². The van der Waals surface area contributed by atoms with E-state index in [0.29, 0.717) is 23.0 Å². The predicted octanol–water partition coefficient (Wildman–Crippen LogP) is 11.1. The summed E-state index contributed by atoms with van der Waals surface area (Å²) in [7, 11) is 0. The highest BCUT2D eigenvalue weighted by atomic mass is 15.0. The quantitative estimate of drug-likeness (QED) is 0.197. The lowest BCUT2D eigenvalue weighted by Crippen LogP contribution is -2.16. The minimum atomic E-state index is 0.460. The Labute approximate surface area is 279 Å². The molecule has 1 fully saturated rings. The molecule has 1 aliphatic rings. The van der Waals surface area contributed by atoms with E-state index in [0.717, 1.165) is 27.5 Å². The molecule has 0 radical (unpaired) electrons. The number of benzene rings is 6. The lowest BCUT2D eigenvalue weighted by atomic mass is 9.72. The van der Waals surface area contributed by atoms with Crippen LogP contribution in [-0.4, -0.2) is 9.13 Å². The fraction of sp³-hybridized carbons (Fsp3) is 0.136. The molecule has 0 saturated heterocycles. The van der Waals surface area contributed by atoms with Crippen molar-refractivity contribution in [2.75, 3.05) is 0 Å². The van der Waals surface area contributed by atoms with E-state index in [1.165, 1.54) is 64.3 Å². The van der Waals surface area contributed by atoms with Gasteiger partial charge in [0.15, 0.2) is 0 Å². The van der Waals surface area contributed by atoms with E-state index in [2.05, 4.69) is 118 Å². The van der Waals surface area contributed by atoms with Gasteiger partial charge in [0, 0.05) is 32.9 Å². The Balaban J connectivity index is 1.07. The number of para-hydroxylation sites is 2. The summed E-state index contributed by atoms with van der Waals surface area (Å²) in [5.74, 6) is 0.931. The van der Waals surface area contributed by atoms with E-state index in [-0.39, 0.29) is 0 Å². The minimum absolute atomic E-state index is 0.460. The van der Waals surface area contributed by atoms with Crippen molar-refractivity contribution in [3.05, 3.63) is 156 Å². The largest absolute Gasteiger partial charge is 0.309 e. The van der Waals surface area contributed by atoms with Crippen LogP contribution in [0.1, 0.15) is 59.8 Å². The Morgan fingerprint density at radius 3 is 1.25 bits per heavy atom. The van der Waals surface area contributed by atoms with Crippen LogP contribution in [0.4, 0.5) is 0 Å². The summed E-state index contributed by atoms with van der Waals surface area (Å²) in [6, 6.07) is 52.0. The topological polar surface area (TPSA) is 57.4 Å². The Morgan fingerprint density at radius 1 is 0.438 bits per heavy atom. The molecule has 228 valence electrons. The molecular weight excluding hydrogens is 585 g/mol. The van der Waals surface area contributed by atoms with E-state index in [1.54, 1.807) is 0 Å². The SMILES string of the molecule is N#Cc1ccc2c(c1)c1cc(C#N)ccc1n2-c1ccc(C2CCCC[C@@H]2c2ccc(-n3c4ccccc4c4ccccc43)cc2)cc1. The zero-order valence-electron chi connectivity index (χ0n) is 26.5. The zero-order valence-corrected chi connectivity index (χ0v) is 26.5. The highest BCUT2D eigenvalue weighted by Crippen LogP contribution is 2.45. The molecule has 1 unspecified atom stereocenters. The summed E-state index contributed by atoms with van der Waals surface area (Å²) in [6.45, 7) is 0. The summed E-state index contributed by atoms with van der Waals surface area (Å²) >= 11 is 0. The highest BCUT2D eigenvalue weighted by molar-refractivity contribution is 6.10. The lowest BCUT2D eigenvalue weighted by Gasteiger charge is -2.32. The van der Waals surface area contributed by atoms with Gasteiger partial charge in [-0.05, 0) is 109 Å². The van der Waals surface area contributed by atoms with Crippen LogP contribution in [0.2, 0.25) is 0 Å². The number of hydrogen-bond acceptors (Lipinski definition) is 2. The molecule has 9 rings (SSSR count). The smallest absolute Gasteiger partial charge is 0.0991 e. The van der Waals surface area contributed by atoms with E-state index in [1.807, 2.05) is 36.4 Å². The number of rotatable bonds is 4. The van der Waals surface area contributed by atoms with Crippen LogP contribution in [0, 0.1) is 22.7 Å². The maximum absolute atomic E-state index is 9.57. The molecular formula is C44H32N4. The number of nitriles is 2. The van der Waals surface area contributed by atoms with Gasteiger partial charge in [-0.3, -0.25) is 0 Å². The van der Waals surface area contributed by atoms with Crippen LogP contribution < -0.4 is 0 Å². The van der Waals surface area contributed by atoms with Gasteiger partial charge in [0.25, 0.3) is 0 Å². The van der Waals surface area contributed by atoms with Crippen LogP contribution in [0.25, 0.3) is 55.0 Å². The van der Waals surface area contributed by atoms with Crippen LogP contribution in [0.15, 0.2) is 133 Å². The molecule has 0 N–H and O–H groups in total. The van der Waals surface area contributed by atoms with Crippen LogP contribution in [0.3, 0.4) is 0 Å². The van der Waals surface area contributed by atoms with Crippen LogP contribution >= 0.6 is 0 Å². The molecule has 4 heteroatoms. The molecule has 2 aromatic heterocycles. The van der Waals surface area contributed by atoms with Crippen LogP contribution in [0.5, 0.6) is 0 Å². The van der Waals surface area contributed by atoms with Crippen molar-refractivity contribution in [2.45, 2.75) is 37.5 Å². The van der Waals surface area contributed by atoms with Gasteiger partial charge in [-0.25, -0.2) is 0 Å². The predicted molar refractivity (Wildman–Crippen MR) is 195 cm³/mol. The maximum Gasteiger partial charge on any atom is 0.0991 e. The Kier molecular flexibility index (Phi) is 6.63. The van der Waals surface area contributed by atoms with Gasteiger partial charge in [-0.1, -0.05) is 73.5 Å². The monoisotopic (exact) mass is 616 g/mol. The van der Waals surface area contributed by atoms with Gasteiger partial charge in [0.05, 0.1) is 45.3 Å². The Bertz CT molecular complexity index is 2460. The Hall–Kier alpha value is -6.10. The Morgan fingerprint density at radius 2 is 0.833 bits per heavy atom. The summed E-state index contributed by atoms with van der Waals surface area (Å²) in [6.07, 6.45) is 4.88. The number of fused-ring (bicyclic) bond motifs is 6. The minimum Gasteiger partial charge on any atom is -0.309 e. The highest BCUT2D eigenvalue weighted by Gasteiger charge is 2.28. The van der Waals surface area contributed by atoms with Gasteiger partial charge < -0.3 is 9.13 Å². The second kappa shape index (κ2) is 11.3. The fourth-order valence-corrected chi connectivity index (χ4v) is 8.31. The van der Waals surface area contributed by atoms with Crippen molar-refractivity contribution in [1.29, 1.82) is 10.5 Å². The molecule has 1 aliphatic carbocycles. The molecule has 2 heterocycles. The zero-order chi connectivity index (χ0) is 32.2. The molecule has 8 aromatic rings. The van der Waals surface area contributed by atoms with Crippen molar-refractivity contribution >= 4 is 43.6 Å². The van der Waals surface area contributed by atoms with Crippen molar-refractivity contribution in [2.24, 2.45) is 0 Å². The molecule has 0 bridgehead atoms. The molecule has 6 aromatic carbocycles. The molecule has 0 aliphatic heterocycles. The molecule has 2 atom stereocenters. The normalized spacial score (nSPS) is 16.4. The van der Waals surface area contributed by atoms with Crippen LogP contribution in [-0.2, 0) is 0 Å². The van der Waals surface area contributed by atoms with Gasteiger partial charge >= 0.3 is 0 Å². The summed E-state index contributed by atoms with van der Waals surface area (Å²) < 4.78 is 4.64. The maximum atomic E-state index is 9.57. The molecule has 0 amide bonds. The van der Waals surface area contributed by atoms with Gasteiger partial charge in [-0.15, -0.1) is 0 Å². The first-order valence-corrected chi connectivity index (χ1v) is 16.8. The van der Waals surface area contributed by atoms with E-state index in [4.69, 9.17) is 0 Å².